The summed E-state index contributed by atoms with van der Waals surface area (Å²) in [6.45, 7) is 5.07. The Kier molecular flexibility index (Phi) is 4.77. The van der Waals surface area contributed by atoms with Crippen molar-refractivity contribution < 1.29 is 9.59 Å². The van der Waals surface area contributed by atoms with E-state index in [0.717, 1.165) is 18.5 Å². The molecular weight excluding hydrogens is 270 g/mol. The second-order valence-electron chi connectivity index (χ2n) is 5.58. The Balaban J connectivity index is 2.05. The van der Waals surface area contributed by atoms with E-state index >= 15 is 0 Å². The first kappa shape index (κ1) is 15.3. The van der Waals surface area contributed by atoms with Crippen LogP contribution < -0.4 is 10.9 Å². The van der Waals surface area contributed by atoms with Crippen LogP contribution in [0.2, 0.25) is 0 Å². The summed E-state index contributed by atoms with van der Waals surface area (Å²) in [6.07, 6.45) is 1.87. The number of pyridine rings is 1. The minimum atomic E-state index is -0.344. The highest BCUT2D eigenvalue weighted by molar-refractivity contribution is 5.93. The summed E-state index contributed by atoms with van der Waals surface area (Å²) in [4.78, 5) is 39.6. The van der Waals surface area contributed by atoms with Crippen LogP contribution in [0.15, 0.2) is 16.9 Å². The molecule has 1 aromatic heterocycles. The average molecular weight is 291 g/mol. The molecule has 0 unspecified atom stereocenters. The van der Waals surface area contributed by atoms with Gasteiger partial charge in [0.2, 0.25) is 5.91 Å². The zero-order chi connectivity index (χ0) is 15.4. The fourth-order valence-corrected chi connectivity index (χ4v) is 2.62. The summed E-state index contributed by atoms with van der Waals surface area (Å²) >= 11 is 0. The van der Waals surface area contributed by atoms with Gasteiger partial charge in [0.05, 0.1) is 0 Å². The maximum atomic E-state index is 12.4. The third kappa shape index (κ3) is 3.93. The molecule has 0 spiro atoms. The van der Waals surface area contributed by atoms with Crippen LogP contribution in [-0.2, 0) is 4.79 Å². The van der Waals surface area contributed by atoms with E-state index in [-0.39, 0.29) is 28.9 Å². The van der Waals surface area contributed by atoms with Crippen molar-refractivity contribution in [2.45, 2.75) is 26.7 Å². The fourth-order valence-electron chi connectivity index (χ4n) is 2.62. The maximum absolute atomic E-state index is 12.4. The van der Waals surface area contributed by atoms with Crippen molar-refractivity contribution in [3.05, 3.63) is 33.7 Å². The highest BCUT2D eigenvalue weighted by atomic mass is 16.2. The first-order chi connectivity index (χ1) is 9.97. The largest absolute Gasteiger partial charge is 0.356 e. The Morgan fingerprint density at radius 2 is 2.19 bits per heavy atom. The minimum Gasteiger partial charge on any atom is -0.356 e. The number of nitrogens with one attached hydrogen (secondary N) is 2. The van der Waals surface area contributed by atoms with Gasteiger partial charge in [0.1, 0.15) is 5.56 Å². The Hall–Kier alpha value is -2.11. The van der Waals surface area contributed by atoms with E-state index < -0.39 is 0 Å². The lowest BCUT2D eigenvalue weighted by atomic mass is 9.97. The molecule has 1 aliphatic heterocycles. The fraction of sp³-hybridized carbons (Fsp3) is 0.533. The summed E-state index contributed by atoms with van der Waals surface area (Å²) in [5.74, 6) is -0.0478. The number of likely N-dealkylation sites (tertiary alicyclic amines) is 1. The first-order valence-corrected chi connectivity index (χ1v) is 7.21. The topological polar surface area (TPSA) is 82.3 Å². The van der Waals surface area contributed by atoms with Crippen molar-refractivity contribution in [1.82, 2.24) is 15.2 Å². The zero-order valence-electron chi connectivity index (χ0n) is 12.4. The van der Waals surface area contributed by atoms with Gasteiger partial charge in [0.15, 0.2) is 0 Å². The van der Waals surface area contributed by atoms with Gasteiger partial charge < -0.3 is 15.2 Å². The molecule has 0 aliphatic carbocycles. The van der Waals surface area contributed by atoms with Gasteiger partial charge in [-0.2, -0.15) is 0 Å². The third-order valence-electron chi connectivity index (χ3n) is 3.73. The number of nitrogens with zero attached hydrogens (tertiary/aromatic N) is 1. The smallest absolute Gasteiger partial charge is 0.260 e. The highest BCUT2D eigenvalue weighted by Crippen LogP contribution is 2.17. The van der Waals surface area contributed by atoms with Gasteiger partial charge >= 0.3 is 0 Å². The van der Waals surface area contributed by atoms with Crippen LogP contribution in [0.4, 0.5) is 0 Å². The monoisotopic (exact) mass is 291 g/mol. The van der Waals surface area contributed by atoms with E-state index in [4.69, 9.17) is 0 Å². The number of H-pyrrole nitrogens is 1. The molecule has 0 saturated carbocycles. The summed E-state index contributed by atoms with van der Waals surface area (Å²) < 4.78 is 0. The molecule has 2 rings (SSSR count). The molecule has 0 aromatic carbocycles. The number of aromatic nitrogens is 1. The number of aryl methyl sites for hydroxylation is 1. The predicted octanol–water partition coefficient (Wildman–Crippen LogP) is 0.672. The van der Waals surface area contributed by atoms with Gasteiger partial charge in [-0.05, 0) is 37.8 Å². The molecule has 6 heteroatoms. The molecule has 6 nitrogen and oxygen atoms in total. The number of amides is 2. The highest BCUT2D eigenvalue weighted by Gasteiger charge is 2.25. The second-order valence-corrected chi connectivity index (χ2v) is 5.58. The lowest BCUT2D eigenvalue weighted by Gasteiger charge is -2.32. The first-order valence-electron chi connectivity index (χ1n) is 7.21. The Morgan fingerprint density at radius 1 is 1.43 bits per heavy atom. The summed E-state index contributed by atoms with van der Waals surface area (Å²) in [5, 5.41) is 2.79. The molecule has 2 heterocycles. The molecule has 1 atom stereocenters. The van der Waals surface area contributed by atoms with Gasteiger partial charge in [-0.3, -0.25) is 14.4 Å². The van der Waals surface area contributed by atoms with Crippen molar-refractivity contribution in [1.29, 1.82) is 0 Å². The molecule has 21 heavy (non-hydrogen) atoms. The van der Waals surface area contributed by atoms with Gasteiger partial charge in [0, 0.05) is 32.3 Å². The van der Waals surface area contributed by atoms with Crippen LogP contribution in [0.1, 0.15) is 35.8 Å². The van der Waals surface area contributed by atoms with Crippen LogP contribution in [0.5, 0.6) is 0 Å². The molecule has 0 bridgehead atoms. The van der Waals surface area contributed by atoms with E-state index in [1.807, 2.05) is 0 Å². The van der Waals surface area contributed by atoms with Crippen molar-refractivity contribution in [3.8, 4) is 0 Å². The lowest BCUT2D eigenvalue weighted by Crippen LogP contribution is -2.44. The number of carbonyl (C=O) groups is 2. The predicted molar refractivity (Wildman–Crippen MR) is 79.1 cm³/mol. The molecular formula is C15H21N3O3. The molecule has 1 aromatic rings. The molecule has 1 saturated heterocycles. The van der Waals surface area contributed by atoms with Crippen LogP contribution in [-0.4, -0.2) is 41.3 Å². The van der Waals surface area contributed by atoms with E-state index in [9.17, 15) is 14.4 Å². The van der Waals surface area contributed by atoms with Gasteiger partial charge in [-0.1, -0.05) is 0 Å². The van der Waals surface area contributed by atoms with Crippen molar-refractivity contribution in [3.63, 3.8) is 0 Å². The van der Waals surface area contributed by atoms with Crippen LogP contribution in [0.3, 0.4) is 0 Å². The number of hydrogen-bond donors (Lipinski definition) is 2. The Bertz CT molecular complexity index is 594. The Labute approximate surface area is 123 Å². The van der Waals surface area contributed by atoms with Crippen LogP contribution in [0, 0.1) is 12.8 Å². The van der Waals surface area contributed by atoms with Gasteiger partial charge in [0.25, 0.3) is 11.5 Å². The van der Waals surface area contributed by atoms with E-state index in [0.29, 0.717) is 19.6 Å². The van der Waals surface area contributed by atoms with Crippen LogP contribution in [0.25, 0.3) is 0 Å². The normalized spacial score (nSPS) is 18.4. The molecule has 2 N–H and O–H groups in total. The van der Waals surface area contributed by atoms with Gasteiger partial charge in [-0.15, -0.1) is 0 Å². The van der Waals surface area contributed by atoms with Crippen molar-refractivity contribution >= 4 is 11.8 Å². The zero-order valence-corrected chi connectivity index (χ0v) is 12.4. The standard InChI is InChI=1S/C15H21N3O3/c1-10-5-6-13(14(20)17-10)15(21)18-7-3-4-12(9-18)8-16-11(2)19/h5-6,12H,3-4,7-9H2,1-2H3,(H,16,19)(H,17,20)/t12-/m0/s1. The number of hydrogen-bond acceptors (Lipinski definition) is 3. The summed E-state index contributed by atoms with van der Waals surface area (Å²) in [6, 6.07) is 3.31. The van der Waals surface area contributed by atoms with E-state index in [1.165, 1.54) is 6.92 Å². The van der Waals surface area contributed by atoms with Crippen molar-refractivity contribution in [2.24, 2.45) is 5.92 Å². The lowest BCUT2D eigenvalue weighted by molar-refractivity contribution is -0.119. The number of rotatable bonds is 3. The van der Waals surface area contributed by atoms with Crippen LogP contribution >= 0.6 is 0 Å². The number of piperidine rings is 1. The summed E-state index contributed by atoms with van der Waals surface area (Å²) in [7, 11) is 0. The SMILES string of the molecule is CC(=O)NC[C@@H]1CCCN(C(=O)c2ccc(C)[nH]c2=O)C1. The number of carbonyl (C=O) groups excluding carboxylic acids is 2. The Morgan fingerprint density at radius 3 is 2.86 bits per heavy atom. The van der Waals surface area contributed by atoms with E-state index in [1.54, 1.807) is 24.0 Å². The molecule has 114 valence electrons. The molecule has 2 amide bonds. The van der Waals surface area contributed by atoms with Gasteiger partial charge in [-0.25, -0.2) is 0 Å². The number of aromatic amines is 1. The second kappa shape index (κ2) is 6.56. The average Bonchev–Trinajstić information content (AvgIpc) is 2.45. The van der Waals surface area contributed by atoms with Crippen molar-refractivity contribution in [2.75, 3.05) is 19.6 Å². The van der Waals surface area contributed by atoms with E-state index in [2.05, 4.69) is 10.3 Å². The minimum absolute atomic E-state index is 0.0616. The summed E-state index contributed by atoms with van der Waals surface area (Å²) in [5.41, 5.74) is 0.573. The molecule has 0 radical (unpaired) electrons. The maximum Gasteiger partial charge on any atom is 0.260 e. The quantitative estimate of drug-likeness (QED) is 0.859. The molecule has 1 aliphatic rings. The third-order valence-corrected chi connectivity index (χ3v) is 3.73. The molecule has 1 fully saturated rings.